The van der Waals surface area contributed by atoms with Gasteiger partial charge in [0, 0.05) is 0 Å². The van der Waals surface area contributed by atoms with Crippen LogP contribution in [-0.2, 0) is 0 Å². The van der Waals surface area contributed by atoms with E-state index in [-0.39, 0.29) is 0 Å². The van der Waals surface area contributed by atoms with Gasteiger partial charge in [0.15, 0.2) is 0 Å². The predicted molar refractivity (Wildman–Crippen MR) is 53.0 cm³/mol. The van der Waals surface area contributed by atoms with E-state index in [1.54, 1.807) is 6.42 Å². The molecular weight excluding hydrogens is 144 g/mol. The third kappa shape index (κ3) is 1.20. The maximum atomic E-state index is 2.50. The van der Waals surface area contributed by atoms with E-state index < -0.39 is 0 Å². The van der Waals surface area contributed by atoms with Crippen molar-refractivity contribution in [3.63, 3.8) is 0 Å². The molecule has 4 atom stereocenters. The molecule has 2 rings (SSSR count). The van der Waals surface area contributed by atoms with Crippen molar-refractivity contribution in [3.05, 3.63) is 0 Å². The van der Waals surface area contributed by atoms with Crippen LogP contribution in [0.25, 0.3) is 0 Å². The van der Waals surface area contributed by atoms with Crippen molar-refractivity contribution in [1.29, 1.82) is 0 Å². The van der Waals surface area contributed by atoms with Crippen molar-refractivity contribution in [2.45, 2.75) is 52.9 Å². The van der Waals surface area contributed by atoms with E-state index in [1.165, 1.54) is 25.7 Å². The molecule has 0 aromatic heterocycles. The molecule has 2 fully saturated rings. The third-order valence-corrected chi connectivity index (χ3v) is 4.46. The molecule has 0 aliphatic heterocycles. The summed E-state index contributed by atoms with van der Waals surface area (Å²) in [6, 6.07) is 0. The summed E-state index contributed by atoms with van der Waals surface area (Å²) in [5, 5.41) is 0. The van der Waals surface area contributed by atoms with Gasteiger partial charge >= 0.3 is 0 Å². The Morgan fingerprint density at radius 3 is 2.67 bits per heavy atom. The molecule has 0 amide bonds. The van der Waals surface area contributed by atoms with Crippen LogP contribution in [0.3, 0.4) is 0 Å². The highest BCUT2D eigenvalue weighted by molar-refractivity contribution is 5.08. The first kappa shape index (κ1) is 8.59. The Morgan fingerprint density at radius 1 is 1.50 bits per heavy atom. The van der Waals surface area contributed by atoms with Crippen LogP contribution >= 0.6 is 0 Å². The molecule has 2 saturated carbocycles. The minimum absolute atomic E-state index is 0.812. The van der Waals surface area contributed by atoms with Gasteiger partial charge in [-0.05, 0) is 42.4 Å². The van der Waals surface area contributed by atoms with Gasteiger partial charge in [-0.25, -0.2) is 0 Å². The minimum atomic E-state index is 0.812. The number of hydrogen-bond acceptors (Lipinski definition) is 0. The highest BCUT2D eigenvalue weighted by Crippen LogP contribution is 2.67. The fraction of sp³-hybridized carbons (Fsp3) is 1.00. The van der Waals surface area contributed by atoms with E-state index in [9.17, 15) is 0 Å². The summed E-state index contributed by atoms with van der Waals surface area (Å²) in [7, 11) is 0. The first-order valence-electron chi connectivity index (χ1n) is 5.67. The topological polar surface area (TPSA) is 0 Å². The summed E-state index contributed by atoms with van der Waals surface area (Å²) in [6.45, 7) is 7.28. The van der Waals surface area contributed by atoms with Crippen LogP contribution in [0.5, 0.6) is 0 Å². The molecule has 0 bridgehead atoms. The quantitative estimate of drug-likeness (QED) is 0.597. The molecule has 0 aromatic rings. The maximum Gasteiger partial charge on any atom is -0.0292 e. The van der Waals surface area contributed by atoms with Crippen molar-refractivity contribution >= 4 is 0 Å². The zero-order chi connectivity index (χ0) is 8.77. The van der Waals surface area contributed by atoms with Crippen LogP contribution in [0.15, 0.2) is 0 Å². The normalized spacial score (nSPS) is 47.2. The average molecular weight is 166 g/mol. The molecule has 0 radical (unpaired) electrons. The van der Waals surface area contributed by atoms with Gasteiger partial charge in [-0.1, -0.05) is 33.6 Å². The molecule has 4 unspecified atom stereocenters. The maximum absolute atomic E-state index is 2.50. The molecule has 0 aromatic carbocycles. The molecule has 70 valence electrons. The molecule has 0 spiro atoms. The van der Waals surface area contributed by atoms with Crippen LogP contribution in [-0.4, -0.2) is 0 Å². The lowest BCUT2D eigenvalue weighted by Gasteiger charge is -2.19. The summed E-state index contributed by atoms with van der Waals surface area (Å²) in [5.41, 5.74) is 0.812. The lowest BCUT2D eigenvalue weighted by Crippen LogP contribution is -2.10. The number of hydrogen-bond donors (Lipinski definition) is 0. The van der Waals surface area contributed by atoms with Gasteiger partial charge in [0.2, 0.25) is 0 Å². The molecular formula is C12H22. The van der Waals surface area contributed by atoms with Gasteiger partial charge in [-0.3, -0.25) is 0 Å². The molecule has 0 nitrogen and oxygen atoms in total. The van der Waals surface area contributed by atoms with E-state index in [2.05, 4.69) is 20.8 Å². The van der Waals surface area contributed by atoms with Crippen molar-refractivity contribution in [2.24, 2.45) is 23.2 Å². The Labute approximate surface area is 76.7 Å². The standard InChI is InChI=1S/C12H22/c1-4-5-9(2)10-6-7-12(3)8-11(10)12/h9-11H,4-8H2,1-3H3. The van der Waals surface area contributed by atoms with Crippen LogP contribution in [0.4, 0.5) is 0 Å². The summed E-state index contributed by atoms with van der Waals surface area (Å²) in [4.78, 5) is 0. The average Bonchev–Trinajstić information content (AvgIpc) is 2.55. The minimum Gasteiger partial charge on any atom is -0.0654 e. The van der Waals surface area contributed by atoms with Gasteiger partial charge in [0.05, 0.1) is 0 Å². The van der Waals surface area contributed by atoms with Gasteiger partial charge in [0.25, 0.3) is 0 Å². The second-order valence-electron chi connectivity index (χ2n) is 5.43. The SMILES string of the molecule is CCCC(C)C1CCC2(C)CC12. The van der Waals surface area contributed by atoms with Gasteiger partial charge in [-0.2, -0.15) is 0 Å². The first-order valence-corrected chi connectivity index (χ1v) is 5.67. The van der Waals surface area contributed by atoms with Crippen LogP contribution in [0.1, 0.15) is 52.9 Å². The van der Waals surface area contributed by atoms with E-state index in [4.69, 9.17) is 0 Å². The van der Waals surface area contributed by atoms with Crippen molar-refractivity contribution in [3.8, 4) is 0 Å². The molecule has 2 aliphatic carbocycles. The molecule has 0 heteroatoms. The van der Waals surface area contributed by atoms with Gasteiger partial charge < -0.3 is 0 Å². The summed E-state index contributed by atoms with van der Waals surface area (Å²) < 4.78 is 0. The molecule has 0 heterocycles. The first-order chi connectivity index (χ1) is 5.67. The number of rotatable bonds is 3. The van der Waals surface area contributed by atoms with Crippen LogP contribution < -0.4 is 0 Å². The second-order valence-corrected chi connectivity index (χ2v) is 5.43. The van der Waals surface area contributed by atoms with Crippen molar-refractivity contribution in [2.75, 3.05) is 0 Å². The van der Waals surface area contributed by atoms with Crippen LogP contribution in [0.2, 0.25) is 0 Å². The molecule has 2 aliphatic rings. The predicted octanol–water partition coefficient (Wildman–Crippen LogP) is 3.86. The fourth-order valence-electron chi connectivity index (χ4n) is 3.45. The second kappa shape index (κ2) is 2.75. The monoisotopic (exact) mass is 166 g/mol. The summed E-state index contributed by atoms with van der Waals surface area (Å²) in [5.74, 6) is 3.22. The third-order valence-electron chi connectivity index (χ3n) is 4.46. The van der Waals surface area contributed by atoms with Gasteiger partial charge in [0.1, 0.15) is 0 Å². The Bertz CT molecular complexity index is 173. The zero-order valence-electron chi connectivity index (χ0n) is 8.77. The van der Waals surface area contributed by atoms with Crippen molar-refractivity contribution in [1.82, 2.24) is 0 Å². The van der Waals surface area contributed by atoms with Crippen LogP contribution in [0, 0.1) is 23.2 Å². The highest BCUT2D eigenvalue weighted by atomic mass is 14.6. The Hall–Kier alpha value is 0. The lowest BCUT2D eigenvalue weighted by atomic mass is 9.86. The summed E-state index contributed by atoms with van der Waals surface area (Å²) >= 11 is 0. The van der Waals surface area contributed by atoms with E-state index in [0.29, 0.717) is 0 Å². The molecule has 0 saturated heterocycles. The van der Waals surface area contributed by atoms with Crippen molar-refractivity contribution < 1.29 is 0 Å². The zero-order valence-corrected chi connectivity index (χ0v) is 8.77. The molecule has 0 N–H and O–H groups in total. The Morgan fingerprint density at radius 2 is 2.25 bits per heavy atom. The van der Waals surface area contributed by atoms with E-state index in [1.807, 2.05) is 0 Å². The highest BCUT2D eigenvalue weighted by Gasteiger charge is 2.58. The lowest BCUT2D eigenvalue weighted by molar-refractivity contribution is 0.307. The van der Waals surface area contributed by atoms with Gasteiger partial charge in [-0.15, -0.1) is 0 Å². The van der Waals surface area contributed by atoms with E-state index in [0.717, 1.165) is 23.2 Å². The Balaban J connectivity index is 1.90. The fourth-order valence-corrected chi connectivity index (χ4v) is 3.45. The summed E-state index contributed by atoms with van der Waals surface area (Å²) in [6.07, 6.45) is 7.43. The Kier molecular flexibility index (Phi) is 1.97. The largest absolute Gasteiger partial charge is 0.0654 e. The molecule has 12 heavy (non-hydrogen) atoms. The smallest absolute Gasteiger partial charge is 0.0292 e. The van der Waals surface area contributed by atoms with E-state index >= 15 is 0 Å². The number of fused-ring (bicyclic) bond motifs is 1.